The molecule has 1 amide bonds. The van der Waals surface area contributed by atoms with Gasteiger partial charge in [-0.15, -0.1) is 0 Å². The third-order valence-corrected chi connectivity index (χ3v) is 3.86. The summed E-state index contributed by atoms with van der Waals surface area (Å²) in [6, 6.07) is 9.42. The minimum absolute atomic E-state index is 0.103. The molecule has 6 heteroatoms. The Morgan fingerprint density at radius 2 is 1.64 bits per heavy atom. The Balaban J connectivity index is 2.64. The van der Waals surface area contributed by atoms with E-state index in [2.05, 4.69) is 5.32 Å². The second kappa shape index (κ2) is 10.6. The molecule has 0 aliphatic rings. The number of benzene rings is 1. The number of ether oxygens (including phenoxy) is 3. The van der Waals surface area contributed by atoms with Crippen molar-refractivity contribution in [2.75, 3.05) is 13.2 Å². The van der Waals surface area contributed by atoms with Gasteiger partial charge in [0.05, 0.1) is 25.4 Å². The largest absolute Gasteiger partial charge is 0.458 e. The number of amides is 1. The second-order valence-electron chi connectivity index (χ2n) is 8.93. The summed E-state index contributed by atoms with van der Waals surface area (Å²) < 4.78 is 16.7. The SMILES string of the molecule is C[C@@H](OCc1ccccc1)[C@@H](COCC(=O)OC(C)(C)C)NC(=O)C(C)(C)C. The Hall–Kier alpha value is -1.92. The van der Waals surface area contributed by atoms with E-state index >= 15 is 0 Å². The van der Waals surface area contributed by atoms with Gasteiger partial charge in [0.2, 0.25) is 5.91 Å². The monoisotopic (exact) mass is 393 g/mol. The summed E-state index contributed by atoms with van der Waals surface area (Å²) in [5.41, 5.74) is -0.0560. The van der Waals surface area contributed by atoms with Crippen LogP contribution >= 0.6 is 0 Å². The minimum atomic E-state index is -0.563. The molecule has 0 radical (unpaired) electrons. The van der Waals surface area contributed by atoms with Crippen LogP contribution in [-0.2, 0) is 30.4 Å². The first kappa shape index (κ1) is 24.1. The Bertz CT molecular complexity index is 616. The van der Waals surface area contributed by atoms with Crippen LogP contribution in [0.3, 0.4) is 0 Å². The van der Waals surface area contributed by atoms with Gasteiger partial charge in [-0.05, 0) is 33.3 Å². The molecule has 1 aromatic rings. The first-order valence-electron chi connectivity index (χ1n) is 9.64. The highest BCUT2D eigenvalue weighted by Crippen LogP contribution is 2.15. The molecule has 0 spiro atoms. The molecule has 0 heterocycles. The molecule has 0 saturated heterocycles. The lowest BCUT2D eigenvalue weighted by molar-refractivity contribution is -0.160. The Morgan fingerprint density at radius 3 is 2.18 bits per heavy atom. The lowest BCUT2D eigenvalue weighted by atomic mass is 9.95. The molecule has 1 rings (SSSR count). The van der Waals surface area contributed by atoms with Gasteiger partial charge in [0, 0.05) is 5.41 Å². The fourth-order valence-electron chi connectivity index (χ4n) is 2.24. The maximum absolute atomic E-state index is 12.4. The zero-order chi connectivity index (χ0) is 21.4. The van der Waals surface area contributed by atoms with Crippen molar-refractivity contribution in [3.63, 3.8) is 0 Å². The van der Waals surface area contributed by atoms with E-state index in [0.29, 0.717) is 6.61 Å². The first-order chi connectivity index (χ1) is 12.9. The van der Waals surface area contributed by atoms with Crippen molar-refractivity contribution < 1.29 is 23.8 Å². The quantitative estimate of drug-likeness (QED) is 0.650. The molecule has 0 unspecified atom stereocenters. The molecule has 6 nitrogen and oxygen atoms in total. The third-order valence-electron chi connectivity index (χ3n) is 3.86. The predicted octanol–water partition coefficient (Wildman–Crippen LogP) is 3.48. The maximum atomic E-state index is 12.4. The topological polar surface area (TPSA) is 73.9 Å². The van der Waals surface area contributed by atoms with Crippen LogP contribution in [0, 0.1) is 5.41 Å². The highest BCUT2D eigenvalue weighted by Gasteiger charge is 2.28. The van der Waals surface area contributed by atoms with Crippen LogP contribution in [0.4, 0.5) is 0 Å². The molecule has 0 saturated carbocycles. The van der Waals surface area contributed by atoms with Gasteiger partial charge in [0.15, 0.2) is 0 Å². The van der Waals surface area contributed by atoms with Gasteiger partial charge in [0.1, 0.15) is 12.2 Å². The summed E-state index contributed by atoms with van der Waals surface area (Å²) in [4.78, 5) is 24.3. The minimum Gasteiger partial charge on any atom is -0.458 e. The van der Waals surface area contributed by atoms with Gasteiger partial charge in [0.25, 0.3) is 0 Å². The molecule has 1 aromatic carbocycles. The van der Waals surface area contributed by atoms with E-state index in [4.69, 9.17) is 14.2 Å². The molecule has 0 bridgehead atoms. The lowest BCUT2D eigenvalue weighted by Gasteiger charge is -2.29. The summed E-state index contributed by atoms with van der Waals surface area (Å²) in [5.74, 6) is -0.542. The van der Waals surface area contributed by atoms with E-state index in [-0.39, 0.29) is 25.2 Å². The molecule has 2 atom stereocenters. The van der Waals surface area contributed by atoms with E-state index < -0.39 is 23.0 Å². The second-order valence-corrected chi connectivity index (χ2v) is 8.93. The fourth-order valence-corrected chi connectivity index (χ4v) is 2.24. The average molecular weight is 394 g/mol. The van der Waals surface area contributed by atoms with Crippen molar-refractivity contribution in [2.45, 2.75) is 72.8 Å². The van der Waals surface area contributed by atoms with Gasteiger partial charge in [-0.3, -0.25) is 4.79 Å². The van der Waals surface area contributed by atoms with Gasteiger partial charge in [-0.25, -0.2) is 4.79 Å². The Kier molecular flexibility index (Phi) is 9.11. The molecular formula is C22H35NO5. The zero-order valence-electron chi connectivity index (χ0n) is 18.2. The lowest BCUT2D eigenvalue weighted by Crippen LogP contribution is -2.50. The van der Waals surface area contributed by atoms with Crippen LogP contribution in [0.5, 0.6) is 0 Å². The molecule has 0 aromatic heterocycles. The molecular weight excluding hydrogens is 358 g/mol. The standard InChI is InChI=1S/C22H35NO5/c1-16(27-13-17-11-9-8-10-12-17)18(23-20(25)21(2,3)4)14-26-15-19(24)28-22(5,6)7/h8-12,16,18H,13-15H2,1-7H3,(H,23,25)/t16-,18-/m1/s1. The van der Waals surface area contributed by atoms with Crippen molar-refractivity contribution in [1.82, 2.24) is 5.32 Å². The van der Waals surface area contributed by atoms with Crippen LogP contribution in [0.2, 0.25) is 0 Å². The number of nitrogens with one attached hydrogen (secondary N) is 1. The van der Waals surface area contributed by atoms with E-state index in [1.54, 1.807) is 20.8 Å². The molecule has 0 aliphatic heterocycles. The summed E-state index contributed by atoms with van der Waals surface area (Å²) in [6.07, 6.45) is -0.301. The number of carbonyl (C=O) groups excluding carboxylic acids is 2. The summed E-state index contributed by atoms with van der Waals surface area (Å²) in [6.45, 7) is 13.2. The molecule has 1 N–H and O–H groups in total. The average Bonchev–Trinajstić information content (AvgIpc) is 2.57. The fraction of sp³-hybridized carbons (Fsp3) is 0.636. The van der Waals surface area contributed by atoms with E-state index in [1.807, 2.05) is 58.0 Å². The van der Waals surface area contributed by atoms with E-state index in [1.165, 1.54) is 0 Å². The normalized spacial score (nSPS) is 14.2. The van der Waals surface area contributed by atoms with Crippen molar-refractivity contribution in [3.8, 4) is 0 Å². The van der Waals surface area contributed by atoms with Crippen molar-refractivity contribution in [1.29, 1.82) is 0 Å². The molecule has 28 heavy (non-hydrogen) atoms. The highest BCUT2D eigenvalue weighted by molar-refractivity contribution is 5.81. The Morgan fingerprint density at radius 1 is 1.04 bits per heavy atom. The smallest absolute Gasteiger partial charge is 0.332 e. The Labute approximate surface area is 168 Å². The number of hydrogen-bond acceptors (Lipinski definition) is 5. The van der Waals surface area contributed by atoms with Gasteiger partial charge in [-0.2, -0.15) is 0 Å². The number of hydrogen-bond donors (Lipinski definition) is 1. The van der Waals surface area contributed by atoms with Gasteiger partial charge in [-0.1, -0.05) is 51.1 Å². The zero-order valence-corrected chi connectivity index (χ0v) is 18.2. The maximum Gasteiger partial charge on any atom is 0.332 e. The molecule has 0 aliphatic carbocycles. The van der Waals surface area contributed by atoms with E-state index in [9.17, 15) is 9.59 Å². The predicted molar refractivity (Wildman–Crippen MR) is 109 cm³/mol. The summed E-state index contributed by atoms with van der Waals surface area (Å²) >= 11 is 0. The van der Waals surface area contributed by atoms with Crippen molar-refractivity contribution in [2.24, 2.45) is 5.41 Å². The first-order valence-corrected chi connectivity index (χ1v) is 9.64. The van der Waals surface area contributed by atoms with Crippen LogP contribution in [0.15, 0.2) is 30.3 Å². The number of carbonyl (C=O) groups is 2. The highest BCUT2D eigenvalue weighted by atomic mass is 16.6. The van der Waals surface area contributed by atoms with Crippen LogP contribution in [-0.4, -0.2) is 42.8 Å². The van der Waals surface area contributed by atoms with Crippen LogP contribution < -0.4 is 5.32 Å². The number of rotatable bonds is 9. The van der Waals surface area contributed by atoms with Gasteiger partial charge >= 0.3 is 5.97 Å². The van der Waals surface area contributed by atoms with Crippen molar-refractivity contribution in [3.05, 3.63) is 35.9 Å². The molecule has 0 fully saturated rings. The summed E-state index contributed by atoms with van der Waals surface area (Å²) in [7, 11) is 0. The van der Waals surface area contributed by atoms with Crippen LogP contribution in [0.25, 0.3) is 0 Å². The van der Waals surface area contributed by atoms with E-state index in [0.717, 1.165) is 5.56 Å². The third kappa shape index (κ3) is 9.85. The number of esters is 1. The van der Waals surface area contributed by atoms with Crippen molar-refractivity contribution >= 4 is 11.9 Å². The molecule has 158 valence electrons. The summed E-state index contributed by atoms with van der Waals surface area (Å²) in [5, 5.41) is 2.97. The van der Waals surface area contributed by atoms with Crippen LogP contribution in [0.1, 0.15) is 54.0 Å². The van der Waals surface area contributed by atoms with Gasteiger partial charge < -0.3 is 19.5 Å².